The Morgan fingerprint density at radius 3 is 2.92 bits per heavy atom. The van der Waals surface area contributed by atoms with Crippen LogP contribution in [-0.2, 0) is 0 Å². The standard InChI is InChI=1S/C6H8N4O2/c1-7-5(9-6(11)12)10-4-2-3-8-10/h2-4H,1H3,(H,7,9)(H,11,12). The van der Waals surface area contributed by atoms with Gasteiger partial charge in [-0.3, -0.25) is 0 Å². The van der Waals surface area contributed by atoms with Gasteiger partial charge in [0.1, 0.15) is 0 Å². The molecule has 0 bridgehead atoms. The summed E-state index contributed by atoms with van der Waals surface area (Å²) in [4.78, 5) is 13.5. The van der Waals surface area contributed by atoms with E-state index < -0.39 is 6.09 Å². The molecule has 6 nitrogen and oxygen atoms in total. The Kier molecular flexibility index (Phi) is 2.42. The van der Waals surface area contributed by atoms with E-state index in [0.29, 0.717) is 0 Å². The van der Waals surface area contributed by atoms with Crippen molar-refractivity contribution in [2.24, 2.45) is 4.99 Å². The van der Waals surface area contributed by atoms with Crippen molar-refractivity contribution in [1.29, 1.82) is 0 Å². The zero-order valence-electron chi connectivity index (χ0n) is 6.43. The number of carbonyl (C=O) groups is 1. The fourth-order valence-corrected chi connectivity index (χ4v) is 0.706. The molecule has 0 aliphatic rings. The monoisotopic (exact) mass is 168 g/mol. The number of aromatic nitrogens is 2. The zero-order chi connectivity index (χ0) is 8.97. The molecule has 0 atom stereocenters. The van der Waals surface area contributed by atoms with Crippen LogP contribution in [-0.4, -0.2) is 34.0 Å². The summed E-state index contributed by atoms with van der Waals surface area (Å²) in [7, 11) is 1.57. The van der Waals surface area contributed by atoms with Crippen molar-refractivity contribution >= 4 is 12.1 Å². The lowest BCUT2D eigenvalue weighted by atomic mass is 10.7. The topological polar surface area (TPSA) is 79.5 Å². The van der Waals surface area contributed by atoms with Crippen LogP contribution in [0.25, 0.3) is 0 Å². The van der Waals surface area contributed by atoms with Gasteiger partial charge in [-0.25, -0.2) is 9.48 Å². The first-order valence-electron chi connectivity index (χ1n) is 3.23. The first-order chi connectivity index (χ1) is 5.74. The fourth-order valence-electron chi connectivity index (χ4n) is 0.706. The molecule has 0 aromatic carbocycles. The minimum Gasteiger partial charge on any atom is -0.463 e. The minimum absolute atomic E-state index is 0.174. The smallest absolute Gasteiger partial charge is 0.434 e. The third-order valence-electron chi connectivity index (χ3n) is 1.15. The molecular weight excluding hydrogens is 160 g/mol. The molecule has 0 saturated carbocycles. The van der Waals surface area contributed by atoms with Crippen molar-refractivity contribution in [3.63, 3.8) is 0 Å². The van der Waals surface area contributed by atoms with E-state index in [2.05, 4.69) is 15.4 Å². The maximum atomic E-state index is 10.2. The van der Waals surface area contributed by atoms with Crippen LogP contribution in [0.1, 0.15) is 0 Å². The molecule has 0 unspecified atom stereocenters. The van der Waals surface area contributed by atoms with Crippen LogP contribution in [0.3, 0.4) is 0 Å². The van der Waals surface area contributed by atoms with Crippen LogP contribution >= 0.6 is 0 Å². The second-order valence-electron chi connectivity index (χ2n) is 1.92. The van der Waals surface area contributed by atoms with Crippen molar-refractivity contribution in [1.82, 2.24) is 15.1 Å². The molecule has 64 valence electrons. The van der Waals surface area contributed by atoms with Gasteiger partial charge < -0.3 is 10.4 Å². The maximum Gasteiger partial charge on any atom is 0.434 e. The highest BCUT2D eigenvalue weighted by atomic mass is 16.4. The molecule has 1 aromatic heterocycles. The Hall–Kier alpha value is -1.85. The van der Waals surface area contributed by atoms with E-state index in [1.807, 2.05) is 0 Å². The Balaban J connectivity index is 2.91. The van der Waals surface area contributed by atoms with Crippen molar-refractivity contribution in [2.75, 3.05) is 7.05 Å². The summed E-state index contributed by atoms with van der Waals surface area (Å²) in [5.41, 5.74) is 0. The summed E-state index contributed by atoms with van der Waals surface area (Å²) >= 11 is 0. The fraction of sp³-hybridized carbons (Fsp3) is 0.167. The summed E-state index contributed by atoms with van der Waals surface area (Å²) in [5, 5.41) is 14.8. The van der Waals surface area contributed by atoms with Crippen LogP contribution in [0.15, 0.2) is 23.5 Å². The summed E-state index contributed by atoms with van der Waals surface area (Å²) in [5.74, 6) is 0.174. The largest absolute Gasteiger partial charge is 0.463 e. The van der Waals surface area contributed by atoms with Crippen molar-refractivity contribution < 1.29 is 9.90 Å². The van der Waals surface area contributed by atoms with Crippen molar-refractivity contribution in [2.45, 2.75) is 0 Å². The van der Waals surface area contributed by atoms with Crippen LogP contribution in [0.4, 0.5) is 4.79 Å². The average Bonchev–Trinajstić information content (AvgIpc) is 2.51. The lowest BCUT2D eigenvalue weighted by Crippen LogP contribution is -2.28. The van der Waals surface area contributed by atoms with Gasteiger partial charge in [-0.05, 0) is 6.07 Å². The van der Waals surface area contributed by atoms with Gasteiger partial charge >= 0.3 is 6.09 Å². The Morgan fingerprint density at radius 2 is 2.50 bits per heavy atom. The van der Waals surface area contributed by atoms with Gasteiger partial charge in [0, 0.05) is 19.4 Å². The number of nitrogens with zero attached hydrogens (tertiary/aromatic N) is 3. The van der Waals surface area contributed by atoms with E-state index >= 15 is 0 Å². The van der Waals surface area contributed by atoms with Crippen LogP contribution < -0.4 is 5.32 Å². The number of nitrogens with one attached hydrogen (secondary N) is 1. The summed E-state index contributed by atoms with van der Waals surface area (Å²) in [6.07, 6.45) is 1.88. The summed E-state index contributed by atoms with van der Waals surface area (Å²) < 4.78 is 1.33. The second kappa shape index (κ2) is 3.51. The van der Waals surface area contributed by atoms with Gasteiger partial charge in [0.25, 0.3) is 0 Å². The van der Waals surface area contributed by atoms with E-state index in [0.717, 1.165) is 0 Å². The third-order valence-corrected chi connectivity index (χ3v) is 1.15. The molecule has 0 saturated heterocycles. The Labute approximate surface area is 68.5 Å². The number of amides is 1. The molecule has 1 rings (SSSR count). The van der Waals surface area contributed by atoms with Crippen LogP contribution in [0.5, 0.6) is 0 Å². The van der Waals surface area contributed by atoms with Gasteiger partial charge in [-0.2, -0.15) is 5.10 Å². The normalized spacial score (nSPS) is 11.2. The summed E-state index contributed by atoms with van der Waals surface area (Å²) in [6, 6.07) is 1.68. The highest BCUT2D eigenvalue weighted by Crippen LogP contribution is 1.84. The van der Waals surface area contributed by atoms with Gasteiger partial charge in [0.2, 0.25) is 5.96 Å². The predicted octanol–water partition coefficient (Wildman–Crippen LogP) is -0.0154. The summed E-state index contributed by atoms with van der Waals surface area (Å²) in [6.45, 7) is 0. The Bertz CT molecular complexity index is 291. The number of hydrogen-bond acceptors (Lipinski definition) is 2. The molecule has 1 aromatic rings. The SMILES string of the molecule is CNC(=NC(=O)O)n1cccn1. The van der Waals surface area contributed by atoms with E-state index in [-0.39, 0.29) is 5.96 Å². The number of aliphatic imine (C=N–C) groups is 1. The molecule has 0 radical (unpaired) electrons. The van der Waals surface area contributed by atoms with Gasteiger partial charge in [-0.15, -0.1) is 4.99 Å². The van der Waals surface area contributed by atoms with E-state index in [1.54, 1.807) is 19.3 Å². The number of rotatable bonds is 0. The molecule has 1 heterocycles. The third kappa shape index (κ3) is 1.82. The van der Waals surface area contributed by atoms with Crippen molar-refractivity contribution in [3.05, 3.63) is 18.5 Å². The second-order valence-corrected chi connectivity index (χ2v) is 1.92. The van der Waals surface area contributed by atoms with Gasteiger partial charge in [-0.1, -0.05) is 0 Å². The molecule has 2 N–H and O–H groups in total. The quantitative estimate of drug-likeness (QED) is 0.421. The van der Waals surface area contributed by atoms with E-state index in [1.165, 1.54) is 10.9 Å². The lowest BCUT2D eigenvalue weighted by molar-refractivity contribution is 0.205. The molecule has 0 spiro atoms. The van der Waals surface area contributed by atoms with Gasteiger partial charge in [0.05, 0.1) is 0 Å². The maximum absolute atomic E-state index is 10.2. The molecule has 0 aliphatic carbocycles. The number of hydrogen-bond donors (Lipinski definition) is 2. The number of carboxylic acid groups (broad SMARTS) is 1. The molecule has 1 amide bonds. The highest BCUT2D eigenvalue weighted by Gasteiger charge is 2.01. The molecule has 6 heteroatoms. The lowest BCUT2D eigenvalue weighted by Gasteiger charge is -2.01. The molecular formula is C6H8N4O2. The van der Waals surface area contributed by atoms with Crippen LogP contribution in [0.2, 0.25) is 0 Å². The highest BCUT2D eigenvalue weighted by molar-refractivity contribution is 5.90. The average molecular weight is 168 g/mol. The molecule has 0 fully saturated rings. The molecule has 0 aliphatic heterocycles. The Morgan fingerprint density at radius 1 is 1.75 bits per heavy atom. The predicted molar refractivity (Wildman–Crippen MR) is 42.1 cm³/mol. The first-order valence-corrected chi connectivity index (χ1v) is 3.23. The van der Waals surface area contributed by atoms with Crippen LogP contribution in [0, 0.1) is 0 Å². The van der Waals surface area contributed by atoms with E-state index in [4.69, 9.17) is 5.11 Å². The van der Waals surface area contributed by atoms with Crippen molar-refractivity contribution in [3.8, 4) is 0 Å². The van der Waals surface area contributed by atoms with Gasteiger partial charge in [0.15, 0.2) is 0 Å². The first kappa shape index (κ1) is 8.25. The minimum atomic E-state index is -1.25. The molecule has 12 heavy (non-hydrogen) atoms. The van der Waals surface area contributed by atoms with E-state index in [9.17, 15) is 4.79 Å². The zero-order valence-corrected chi connectivity index (χ0v) is 6.43.